The maximum absolute atomic E-state index is 12.8. The minimum atomic E-state index is -0.486. The van der Waals surface area contributed by atoms with E-state index in [0.717, 1.165) is 20.6 Å². The standard InChI is InChI=1S/C21H22BrN3O4S/c1-11-16(20(27)29-10-9-28-4)12(2)23-17(11)19(26)25-21-24-18(13(3)30-21)14-5-7-15(22)8-6-14/h5-8,23H,9-10H2,1-4H3,(H,24,25,26). The molecule has 9 heteroatoms. The number of nitrogens with one attached hydrogen (secondary N) is 2. The summed E-state index contributed by atoms with van der Waals surface area (Å²) in [6.45, 7) is 5.87. The van der Waals surface area contributed by atoms with Crippen LogP contribution in [0.5, 0.6) is 0 Å². The van der Waals surface area contributed by atoms with E-state index in [4.69, 9.17) is 9.47 Å². The van der Waals surface area contributed by atoms with Crippen LogP contribution < -0.4 is 5.32 Å². The number of halogens is 1. The van der Waals surface area contributed by atoms with Crippen molar-refractivity contribution in [2.75, 3.05) is 25.6 Å². The molecule has 0 aliphatic carbocycles. The number of nitrogens with zero attached hydrogens (tertiary/aromatic N) is 1. The van der Waals surface area contributed by atoms with E-state index in [0.29, 0.717) is 34.3 Å². The molecule has 3 aromatic rings. The van der Waals surface area contributed by atoms with Crippen molar-refractivity contribution < 1.29 is 19.1 Å². The number of aryl methyl sites for hydroxylation is 2. The maximum Gasteiger partial charge on any atom is 0.340 e. The first kappa shape index (κ1) is 22.2. The number of carbonyl (C=O) groups excluding carboxylic acids is 2. The van der Waals surface area contributed by atoms with Crippen LogP contribution in [-0.4, -0.2) is 42.2 Å². The van der Waals surface area contributed by atoms with Gasteiger partial charge in [-0.2, -0.15) is 0 Å². The number of benzene rings is 1. The fourth-order valence-electron chi connectivity index (χ4n) is 3.06. The van der Waals surface area contributed by atoms with Crippen LogP contribution >= 0.6 is 27.3 Å². The zero-order chi connectivity index (χ0) is 21.8. The van der Waals surface area contributed by atoms with Crippen molar-refractivity contribution in [1.82, 2.24) is 9.97 Å². The Balaban J connectivity index is 1.78. The van der Waals surface area contributed by atoms with Gasteiger partial charge in [-0.1, -0.05) is 28.1 Å². The molecule has 0 unspecified atom stereocenters. The van der Waals surface area contributed by atoms with Crippen molar-refractivity contribution in [1.29, 1.82) is 0 Å². The molecular formula is C21H22BrN3O4S. The smallest absolute Gasteiger partial charge is 0.340 e. The minimum absolute atomic E-state index is 0.151. The number of amides is 1. The summed E-state index contributed by atoms with van der Waals surface area (Å²) in [6.07, 6.45) is 0. The molecule has 0 saturated heterocycles. The number of hydrogen-bond donors (Lipinski definition) is 2. The Labute approximate surface area is 187 Å². The minimum Gasteiger partial charge on any atom is -0.460 e. The topological polar surface area (TPSA) is 93.3 Å². The average molecular weight is 492 g/mol. The molecule has 2 N–H and O–H groups in total. The summed E-state index contributed by atoms with van der Waals surface area (Å²) >= 11 is 4.82. The number of esters is 1. The second-order valence-electron chi connectivity index (χ2n) is 6.64. The van der Waals surface area contributed by atoms with Crippen LogP contribution in [0.25, 0.3) is 11.3 Å². The molecule has 0 fully saturated rings. The number of thiazole rings is 1. The van der Waals surface area contributed by atoms with Crippen LogP contribution in [-0.2, 0) is 9.47 Å². The van der Waals surface area contributed by atoms with Crippen LogP contribution in [0.4, 0.5) is 5.13 Å². The van der Waals surface area contributed by atoms with Crippen LogP contribution in [0, 0.1) is 20.8 Å². The van der Waals surface area contributed by atoms with Crippen LogP contribution in [0.15, 0.2) is 28.7 Å². The van der Waals surface area contributed by atoms with E-state index in [1.165, 1.54) is 18.4 Å². The molecule has 0 aliphatic rings. The molecule has 7 nitrogen and oxygen atoms in total. The highest BCUT2D eigenvalue weighted by Crippen LogP contribution is 2.31. The zero-order valence-electron chi connectivity index (χ0n) is 17.1. The van der Waals surface area contributed by atoms with E-state index < -0.39 is 5.97 Å². The fourth-order valence-corrected chi connectivity index (χ4v) is 4.15. The van der Waals surface area contributed by atoms with Gasteiger partial charge < -0.3 is 14.5 Å². The van der Waals surface area contributed by atoms with Crippen LogP contribution in [0.1, 0.15) is 37.0 Å². The third kappa shape index (κ3) is 4.80. The third-order valence-corrected chi connectivity index (χ3v) is 5.94. The normalized spacial score (nSPS) is 10.8. The highest BCUT2D eigenvalue weighted by Gasteiger charge is 2.24. The van der Waals surface area contributed by atoms with Gasteiger partial charge in [0.25, 0.3) is 5.91 Å². The van der Waals surface area contributed by atoms with Crippen molar-refractivity contribution in [3.8, 4) is 11.3 Å². The van der Waals surface area contributed by atoms with Gasteiger partial charge in [0.2, 0.25) is 0 Å². The number of carbonyl (C=O) groups is 2. The second-order valence-corrected chi connectivity index (χ2v) is 8.76. The quantitative estimate of drug-likeness (QED) is 0.362. The molecule has 2 aromatic heterocycles. The van der Waals surface area contributed by atoms with Crippen molar-refractivity contribution in [3.63, 3.8) is 0 Å². The number of ether oxygens (including phenoxy) is 2. The SMILES string of the molecule is COCCOC(=O)c1c(C)[nH]c(C(=O)Nc2nc(-c3ccc(Br)cc3)c(C)s2)c1C. The molecule has 0 spiro atoms. The number of anilines is 1. The molecule has 0 bridgehead atoms. The summed E-state index contributed by atoms with van der Waals surface area (Å²) in [4.78, 5) is 33.7. The Morgan fingerprint density at radius 3 is 2.53 bits per heavy atom. The molecule has 30 heavy (non-hydrogen) atoms. The Bertz CT molecular complexity index is 1070. The zero-order valence-corrected chi connectivity index (χ0v) is 19.5. The number of hydrogen-bond acceptors (Lipinski definition) is 6. The van der Waals surface area contributed by atoms with Gasteiger partial charge in [-0.05, 0) is 38.5 Å². The number of rotatable bonds is 7. The fraction of sp³-hybridized carbons (Fsp3) is 0.286. The molecule has 158 valence electrons. The molecule has 1 aromatic carbocycles. The second kappa shape index (κ2) is 9.55. The van der Waals surface area contributed by atoms with E-state index in [2.05, 4.69) is 31.2 Å². The summed E-state index contributed by atoms with van der Waals surface area (Å²) in [6, 6.07) is 7.84. The van der Waals surface area contributed by atoms with Gasteiger partial charge >= 0.3 is 5.97 Å². The summed E-state index contributed by atoms with van der Waals surface area (Å²) in [5.74, 6) is -0.845. The van der Waals surface area contributed by atoms with E-state index in [1.807, 2.05) is 31.2 Å². The molecule has 0 radical (unpaired) electrons. The van der Waals surface area contributed by atoms with E-state index in [1.54, 1.807) is 13.8 Å². The number of methoxy groups -OCH3 is 1. The highest BCUT2D eigenvalue weighted by atomic mass is 79.9. The summed E-state index contributed by atoms with van der Waals surface area (Å²) in [5.41, 5.74) is 3.58. The first-order chi connectivity index (χ1) is 14.3. The predicted molar refractivity (Wildman–Crippen MR) is 120 cm³/mol. The van der Waals surface area contributed by atoms with Crippen molar-refractivity contribution >= 4 is 44.3 Å². The van der Waals surface area contributed by atoms with Gasteiger partial charge in [0.15, 0.2) is 5.13 Å². The lowest BCUT2D eigenvalue weighted by Crippen LogP contribution is -2.14. The molecular weight excluding hydrogens is 470 g/mol. The van der Waals surface area contributed by atoms with Crippen LogP contribution in [0.2, 0.25) is 0 Å². The molecule has 0 aliphatic heterocycles. The average Bonchev–Trinajstić information content (AvgIpc) is 3.21. The highest BCUT2D eigenvalue weighted by molar-refractivity contribution is 9.10. The Hall–Kier alpha value is -2.49. The molecule has 2 heterocycles. The van der Waals surface area contributed by atoms with Gasteiger partial charge in [0.05, 0.1) is 17.9 Å². The Kier molecular flexibility index (Phi) is 7.06. The first-order valence-corrected chi connectivity index (χ1v) is 10.8. The van der Waals surface area contributed by atoms with Gasteiger partial charge in [-0.3, -0.25) is 10.1 Å². The van der Waals surface area contributed by atoms with Gasteiger partial charge in [0.1, 0.15) is 12.3 Å². The van der Waals surface area contributed by atoms with Crippen molar-refractivity contribution in [2.45, 2.75) is 20.8 Å². The first-order valence-electron chi connectivity index (χ1n) is 9.21. The number of H-pyrrole nitrogens is 1. The lowest BCUT2D eigenvalue weighted by molar-refractivity contribution is 0.0387. The summed E-state index contributed by atoms with van der Waals surface area (Å²) < 4.78 is 11.1. The van der Waals surface area contributed by atoms with Crippen molar-refractivity contribution in [2.24, 2.45) is 0 Å². The van der Waals surface area contributed by atoms with Gasteiger partial charge in [0, 0.05) is 27.7 Å². The maximum atomic E-state index is 12.8. The van der Waals surface area contributed by atoms with E-state index >= 15 is 0 Å². The van der Waals surface area contributed by atoms with E-state index in [9.17, 15) is 9.59 Å². The predicted octanol–water partition coefficient (Wildman–Crippen LogP) is 4.88. The molecule has 1 amide bonds. The lowest BCUT2D eigenvalue weighted by atomic mass is 10.1. The van der Waals surface area contributed by atoms with Gasteiger partial charge in [-0.15, -0.1) is 11.3 Å². The monoisotopic (exact) mass is 491 g/mol. The van der Waals surface area contributed by atoms with Gasteiger partial charge in [-0.25, -0.2) is 9.78 Å². The van der Waals surface area contributed by atoms with Crippen molar-refractivity contribution in [3.05, 3.63) is 56.1 Å². The molecule has 0 atom stereocenters. The summed E-state index contributed by atoms with van der Waals surface area (Å²) in [7, 11) is 1.53. The summed E-state index contributed by atoms with van der Waals surface area (Å²) in [5, 5.41) is 3.32. The molecule has 0 saturated carbocycles. The lowest BCUT2D eigenvalue weighted by Gasteiger charge is -2.05. The van der Waals surface area contributed by atoms with E-state index in [-0.39, 0.29) is 12.5 Å². The Morgan fingerprint density at radius 1 is 1.17 bits per heavy atom. The number of aromatic amines is 1. The molecule has 3 rings (SSSR count). The third-order valence-electron chi connectivity index (χ3n) is 4.52. The largest absolute Gasteiger partial charge is 0.460 e. The number of aromatic nitrogens is 2. The Morgan fingerprint density at radius 2 is 1.87 bits per heavy atom. The van der Waals surface area contributed by atoms with Crippen LogP contribution in [0.3, 0.4) is 0 Å².